The lowest BCUT2D eigenvalue weighted by atomic mass is 9.71. The number of hydrogen-bond acceptors (Lipinski definition) is 4. The third-order valence-electron chi connectivity index (χ3n) is 4.58. The number of allylic oxidation sites excluding steroid dienone is 2. The Morgan fingerprint density at radius 2 is 2.04 bits per heavy atom. The molecule has 6 heteroatoms. The molecule has 2 atom stereocenters. The Labute approximate surface area is 138 Å². The van der Waals surface area contributed by atoms with Crippen molar-refractivity contribution in [2.45, 2.75) is 32.1 Å². The molecule has 0 spiro atoms. The second-order valence-corrected chi connectivity index (χ2v) is 6.03. The second kappa shape index (κ2) is 6.26. The number of benzene rings is 1. The third-order valence-corrected chi connectivity index (χ3v) is 4.58. The van der Waals surface area contributed by atoms with E-state index in [0.29, 0.717) is 36.2 Å². The van der Waals surface area contributed by atoms with Crippen LogP contribution in [0, 0.1) is 17.6 Å². The van der Waals surface area contributed by atoms with Crippen molar-refractivity contribution in [3.8, 4) is 0 Å². The van der Waals surface area contributed by atoms with E-state index in [1.165, 1.54) is 7.11 Å². The fourth-order valence-corrected chi connectivity index (χ4v) is 3.53. The summed E-state index contributed by atoms with van der Waals surface area (Å²) >= 11 is 0. The molecule has 24 heavy (non-hydrogen) atoms. The van der Waals surface area contributed by atoms with Crippen LogP contribution in [0.4, 0.5) is 8.78 Å². The standard InChI is InChI=1S/C18H17F2NO3/c1-9-15(18(23)24-2)16(11-8-10(19)6-7-12(11)20)17-13(21-9)4-3-5-14(17)22/h6-8,15-16H,3-5H2,1-2H3/t15?,16-/m0/s1. The highest BCUT2D eigenvalue weighted by molar-refractivity contribution is 6.08. The highest BCUT2D eigenvalue weighted by atomic mass is 19.1. The van der Waals surface area contributed by atoms with Gasteiger partial charge in [-0.25, -0.2) is 8.78 Å². The van der Waals surface area contributed by atoms with Gasteiger partial charge in [-0.15, -0.1) is 0 Å². The minimum Gasteiger partial charge on any atom is -0.468 e. The van der Waals surface area contributed by atoms with E-state index < -0.39 is 29.4 Å². The molecule has 0 saturated heterocycles. The topological polar surface area (TPSA) is 55.7 Å². The van der Waals surface area contributed by atoms with Crippen LogP contribution in [0.1, 0.15) is 37.7 Å². The normalized spacial score (nSPS) is 23.7. The summed E-state index contributed by atoms with van der Waals surface area (Å²) in [5.74, 6) is -3.92. The molecular weight excluding hydrogens is 316 g/mol. The smallest absolute Gasteiger partial charge is 0.315 e. The number of aliphatic imine (C=N–C) groups is 1. The number of carbonyl (C=O) groups excluding carboxylic acids is 2. The van der Waals surface area contributed by atoms with Crippen LogP contribution >= 0.6 is 0 Å². The van der Waals surface area contributed by atoms with Gasteiger partial charge in [0.1, 0.15) is 17.6 Å². The van der Waals surface area contributed by atoms with E-state index in [-0.39, 0.29) is 11.3 Å². The zero-order chi connectivity index (χ0) is 17.4. The maximum atomic E-state index is 14.4. The van der Waals surface area contributed by atoms with Gasteiger partial charge in [-0.3, -0.25) is 14.6 Å². The predicted molar refractivity (Wildman–Crippen MR) is 83.6 cm³/mol. The van der Waals surface area contributed by atoms with Crippen LogP contribution in [0.2, 0.25) is 0 Å². The number of rotatable bonds is 2. The van der Waals surface area contributed by atoms with Gasteiger partial charge in [-0.1, -0.05) is 0 Å². The lowest BCUT2D eigenvalue weighted by Crippen LogP contribution is -2.37. The Morgan fingerprint density at radius 1 is 1.29 bits per heavy atom. The minimum absolute atomic E-state index is 0.0117. The molecule has 1 heterocycles. The number of methoxy groups -OCH3 is 1. The van der Waals surface area contributed by atoms with E-state index in [0.717, 1.165) is 18.2 Å². The molecule has 3 rings (SSSR count). The zero-order valence-electron chi connectivity index (χ0n) is 13.4. The molecule has 1 aliphatic carbocycles. The Kier molecular flexibility index (Phi) is 4.30. The molecule has 1 aromatic carbocycles. The molecule has 0 radical (unpaired) electrons. The SMILES string of the molecule is COC(=O)C1C(C)=NC2=C(C(=O)CCC2)[C@H]1c1cc(F)ccc1F. The molecule has 126 valence electrons. The van der Waals surface area contributed by atoms with Gasteiger partial charge in [-0.2, -0.15) is 0 Å². The van der Waals surface area contributed by atoms with Crippen LogP contribution in [0.15, 0.2) is 34.5 Å². The fraction of sp³-hybridized carbons (Fsp3) is 0.389. The summed E-state index contributed by atoms with van der Waals surface area (Å²) in [6, 6.07) is 3.06. The van der Waals surface area contributed by atoms with E-state index in [2.05, 4.69) is 4.99 Å². The van der Waals surface area contributed by atoms with E-state index >= 15 is 0 Å². The summed E-state index contributed by atoms with van der Waals surface area (Å²) in [5.41, 5.74) is 1.32. The molecule has 0 aromatic heterocycles. The van der Waals surface area contributed by atoms with Crippen LogP contribution in [0.5, 0.6) is 0 Å². The number of carbonyl (C=O) groups is 2. The molecule has 4 nitrogen and oxygen atoms in total. The van der Waals surface area contributed by atoms with Crippen molar-refractivity contribution < 1.29 is 23.1 Å². The zero-order valence-corrected chi connectivity index (χ0v) is 13.4. The van der Waals surface area contributed by atoms with E-state index in [9.17, 15) is 18.4 Å². The van der Waals surface area contributed by atoms with Crippen LogP contribution < -0.4 is 0 Å². The Bertz CT molecular complexity index is 782. The average Bonchev–Trinajstić information content (AvgIpc) is 2.55. The average molecular weight is 333 g/mol. The quantitative estimate of drug-likeness (QED) is 0.780. The number of Topliss-reactive ketones (excluding diaryl/α,β-unsaturated/α-hetero) is 1. The predicted octanol–water partition coefficient (Wildman–Crippen LogP) is 3.32. The first kappa shape index (κ1) is 16.5. The summed E-state index contributed by atoms with van der Waals surface area (Å²) in [7, 11) is 1.22. The Hall–Kier alpha value is -2.37. The molecule has 1 unspecified atom stereocenters. The molecule has 1 aliphatic heterocycles. The number of halogens is 2. The van der Waals surface area contributed by atoms with E-state index in [4.69, 9.17) is 4.74 Å². The molecule has 0 fully saturated rings. The first-order valence-corrected chi connectivity index (χ1v) is 7.78. The summed E-state index contributed by atoms with van der Waals surface area (Å²) in [4.78, 5) is 29.2. The van der Waals surface area contributed by atoms with Gasteiger partial charge in [-0.05, 0) is 43.5 Å². The highest BCUT2D eigenvalue weighted by Crippen LogP contribution is 2.44. The summed E-state index contributed by atoms with van der Waals surface area (Å²) in [6.45, 7) is 1.65. The third kappa shape index (κ3) is 2.66. The molecule has 0 N–H and O–H groups in total. The highest BCUT2D eigenvalue weighted by Gasteiger charge is 2.44. The van der Waals surface area contributed by atoms with Crippen molar-refractivity contribution in [3.05, 3.63) is 46.7 Å². The molecule has 2 aliphatic rings. The molecular formula is C18H17F2NO3. The second-order valence-electron chi connectivity index (χ2n) is 6.03. The van der Waals surface area contributed by atoms with Gasteiger partial charge in [0.2, 0.25) is 0 Å². The maximum Gasteiger partial charge on any atom is 0.315 e. The number of esters is 1. The van der Waals surface area contributed by atoms with Gasteiger partial charge in [0.15, 0.2) is 5.78 Å². The Morgan fingerprint density at radius 3 is 2.75 bits per heavy atom. The van der Waals surface area contributed by atoms with Crippen molar-refractivity contribution in [1.29, 1.82) is 0 Å². The fourth-order valence-electron chi connectivity index (χ4n) is 3.53. The van der Waals surface area contributed by atoms with Crippen molar-refractivity contribution in [1.82, 2.24) is 0 Å². The van der Waals surface area contributed by atoms with Gasteiger partial charge in [0.05, 0.1) is 7.11 Å². The number of ether oxygens (including phenoxy) is 1. The molecule has 0 amide bonds. The largest absolute Gasteiger partial charge is 0.468 e. The van der Waals surface area contributed by atoms with Gasteiger partial charge in [0, 0.05) is 29.3 Å². The lowest BCUT2D eigenvalue weighted by Gasteiger charge is -2.34. The van der Waals surface area contributed by atoms with Gasteiger partial charge >= 0.3 is 5.97 Å². The summed E-state index contributed by atoms with van der Waals surface area (Å²) in [6.07, 6.45) is 1.56. The number of nitrogens with zero attached hydrogens (tertiary/aromatic N) is 1. The van der Waals surface area contributed by atoms with Crippen LogP contribution in [-0.4, -0.2) is 24.6 Å². The van der Waals surface area contributed by atoms with Crippen LogP contribution in [0.3, 0.4) is 0 Å². The summed E-state index contributed by atoms with van der Waals surface area (Å²) in [5, 5.41) is 0. The van der Waals surface area contributed by atoms with Gasteiger partial charge < -0.3 is 4.74 Å². The van der Waals surface area contributed by atoms with Crippen molar-refractivity contribution in [2.75, 3.05) is 7.11 Å². The van der Waals surface area contributed by atoms with E-state index in [1.54, 1.807) is 6.92 Å². The lowest BCUT2D eigenvalue weighted by molar-refractivity contribution is -0.143. The number of ketones is 1. The Balaban J connectivity index is 2.24. The van der Waals surface area contributed by atoms with Crippen LogP contribution in [0.25, 0.3) is 0 Å². The molecule has 1 aromatic rings. The first-order chi connectivity index (χ1) is 11.4. The van der Waals surface area contributed by atoms with Gasteiger partial charge in [0.25, 0.3) is 0 Å². The molecule has 0 saturated carbocycles. The van der Waals surface area contributed by atoms with Crippen LogP contribution in [-0.2, 0) is 14.3 Å². The van der Waals surface area contributed by atoms with Crippen molar-refractivity contribution in [2.24, 2.45) is 10.9 Å². The van der Waals surface area contributed by atoms with E-state index in [1.807, 2.05) is 0 Å². The first-order valence-electron chi connectivity index (χ1n) is 7.78. The molecule has 0 bridgehead atoms. The maximum absolute atomic E-state index is 14.4. The van der Waals surface area contributed by atoms with Crippen molar-refractivity contribution in [3.63, 3.8) is 0 Å². The summed E-state index contributed by atoms with van der Waals surface area (Å²) < 4.78 is 33.0. The van der Waals surface area contributed by atoms with Crippen molar-refractivity contribution >= 4 is 17.5 Å². The number of hydrogen-bond donors (Lipinski definition) is 0. The minimum atomic E-state index is -0.938. The monoisotopic (exact) mass is 333 g/mol.